The zero-order valence-corrected chi connectivity index (χ0v) is 15.5. The van der Waals surface area contributed by atoms with E-state index in [1.54, 1.807) is 12.1 Å². The van der Waals surface area contributed by atoms with Crippen LogP contribution in [0.2, 0.25) is 5.02 Å². The maximum absolute atomic E-state index is 10.3. The molecule has 3 rings (SSSR count). The van der Waals surface area contributed by atoms with Crippen molar-refractivity contribution in [2.45, 2.75) is 25.6 Å². The summed E-state index contributed by atoms with van der Waals surface area (Å²) in [6.45, 7) is 3.67. The van der Waals surface area contributed by atoms with Crippen molar-refractivity contribution in [3.05, 3.63) is 64.7 Å². The summed E-state index contributed by atoms with van der Waals surface area (Å²) in [6, 6.07) is 15.3. The van der Waals surface area contributed by atoms with Crippen LogP contribution in [0.4, 0.5) is 0 Å². The van der Waals surface area contributed by atoms with Crippen molar-refractivity contribution >= 4 is 17.6 Å². The molecule has 2 aromatic carbocycles. The quantitative estimate of drug-likeness (QED) is 0.538. The summed E-state index contributed by atoms with van der Waals surface area (Å²) in [4.78, 5) is 4.48. The van der Waals surface area contributed by atoms with Gasteiger partial charge >= 0.3 is 0 Å². The van der Waals surface area contributed by atoms with Gasteiger partial charge in [-0.15, -0.1) is 0 Å². The molecule has 0 saturated carbocycles. The van der Waals surface area contributed by atoms with Crippen molar-refractivity contribution in [1.82, 2.24) is 10.6 Å². The molecule has 0 aromatic heterocycles. The minimum atomic E-state index is -0.672. The maximum Gasteiger partial charge on any atom is 0.191 e. The largest absolute Gasteiger partial charge is 0.488 e. The van der Waals surface area contributed by atoms with Crippen LogP contribution >= 0.6 is 11.6 Å². The predicted molar refractivity (Wildman–Crippen MR) is 105 cm³/mol. The van der Waals surface area contributed by atoms with Crippen LogP contribution in [-0.2, 0) is 6.42 Å². The summed E-state index contributed by atoms with van der Waals surface area (Å²) in [6.07, 6.45) is 0.294. The van der Waals surface area contributed by atoms with Gasteiger partial charge in [-0.05, 0) is 36.2 Å². The fourth-order valence-electron chi connectivity index (χ4n) is 2.89. The average Bonchev–Trinajstić information content (AvgIpc) is 3.07. The van der Waals surface area contributed by atoms with Gasteiger partial charge in [0.1, 0.15) is 11.9 Å². The number of rotatable bonds is 6. The Morgan fingerprint density at radius 2 is 2.00 bits per heavy atom. The second-order valence-corrected chi connectivity index (χ2v) is 6.66. The maximum atomic E-state index is 10.3. The Kier molecular flexibility index (Phi) is 6.36. The van der Waals surface area contributed by atoms with E-state index in [1.807, 2.05) is 37.3 Å². The molecule has 1 aliphatic heterocycles. The SMILES string of the molecule is CCNC(=NCC(O)c1ccc(Cl)cc1)NCC1Cc2ccccc2O1. The van der Waals surface area contributed by atoms with Crippen molar-refractivity contribution in [1.29, 1.82) is 0 Å². The molecule has 0 spiro atoms. The molecular formula is C20H24ClN3O2. The van der Waals surface area contributed by atoms with E-state index < -0.39 is 6.10 Å². The Bertz CT molecular complexity index is 724. The van der Waals surface area contributed by atoms with E-state index in [-0.39, 0.29) is 12.6 Å². The lowest BCUT2D eigenvalue weighted by molar-refractivity contribution is 0.187. The van der Waals surface area contributed by atoms with Crippen LogP contribution in [0.15, 0.2) is 53.5 Å². The molecule has 5 nitrogen and oxygen atoms in total. The fourth-order valence-corrected chi connectivity index (χ4v) is 3.01. The van der Waals surface area contributed by atoms with E-state index in [9.17, 15) is 5.11 Å². The number of hydrogen-bond donors (Lipinski definition) is 3. The van der Waals surface area contributed by atoms with Gasteiger partial charge in [-0.2, -0.15) is 0 Å². The smallest absolute Gasteiger partial charge is 0.191 e. The van der Waals surface area contributed by atoms with Crippen LogP contribution in [0.1, 0.15) is 24.2 Å². The number of hydrogen-bond acceptors (Lipinski definition) is 3. The average molecular weight is 374 g/mol. The summed E-state index contributed by atoms with van der Waals surface area (Å²) < 4.78 is 5.93. The van der Waals surface area contributed by atoms with Crippen molar-refractivity contribution in [3.63, 3.8) is 0 Å². The number of para-hydroxylation sites is 1. The number of nitrogens with zero attached hydrogens (tertiary/aromatic N) is 1. The first-order valence-electron chi connectivity index (χ1n) is 8.86. The van der Waals surface area contributed by atoms with Gasteiger partial charge in [0.05, 0.1) is 19.2 Å². The van der Waals surface area contributed by atoms with Crippen LogP contribution in [0.3, 0.4) is 0 Å². The first-order chi connectivity index (χ1) is 12.7. The molecule has 1 heterocycles. The highest BCUT2D eigenvalue weighted by molar-refractivity contribution is 6.30. The molecule has 138 valence electrons. The van der Waals surface area contributed by atoms with E-state index >= 15 is 0 Å². The van der Waals surface area contributed by atoms with Crippen molar-refractivity contribution in [3.8, 4) is 5.75 Å². The molecule has 0 amide bonds. The number of aliphatic hydroxyl groups is 1. The number of nitrogens with one attached hydrogen (secondary N) is 2. The van der Waals surface area contributed by atoms with Crippen molar-refractivity contribution in [2.24, 2.45) is 4.99 Å². The van der Waals surface area contributed by atoms with Gasteiger partial charge in [0.15, 0.2) is 5.96 Å². The second-order valence-electron chi connectivity index (χ2n) is 6.22. The van der Waals surface area contributed by atoms with Crippen molar-refractivity contribution in [2.75, 3.05) is 19.6 Å². The summed E-state index contributed by atoms with van der Waals surface area (Å²) >= 11 is 5.88. The number of aliphatic imine (C=N–C) groups is 1. The number of ether oxygens (including phenoxy) is 1. The third kappa shape index (κ3) is 4.90. The molecule has 1 aliphatic rings. The zero-order chi connectivity index (χ0) is 18.4. The molecule has 26 heavy (non-hydrogen) atoms. The highest BCUT2D eigenvalue weighted by Gasteiger charge is 2.22. The first-order valence-corrected chi connectivity index (χ1v) is 9.23. The van der Waals surface area contributed by atoms with E-state index in [0.717, 1.165) is 24.3 Å². The molecule has 6 heteroatoms. The fraction of sp³-hybridized carbons (Fsp3) is 0.350. The first kappa shape index (κ1) is 18.5. The van der Waals surface area contributed by atoms with Gasteiger partial charge < -0.3 is 20.5 Å². The molecule has 0 radical (unpaired) electrons. The van der Waals surface area contributed by atoms with Gasteiger partial charge in [-0.25, -0.2) is 0 Å². The third-order valence-electron chi connectivity index (χ3n) is 4.23. The number of benzene rings is 2. The number of aliphatic hydroxyl groups excluding tert-OH is 1. The standard InChI is InChI=1S/C20H24ClN3O2/c1-2-22-20(24-13-18(25)14-7-9-16(21)10-8-14)23-12-17-11-15-5-3-4-6-19(15)26-17/h3-10,17-18,25H,2,11-13H2,1H3,(H2,22,23,24). The Labute approximate surface area is 159 Å². The van der Waals surface area contributed by atoms with Gasteiger partial charge in [0, 0.05) is 18.0 Å². The molecule has 0 bridgehead atoms. The molecule has 2 atom stereocenters. The van der Waals surface area contributed by atoms with Crippen LogP contribution in [0.25, 0.3) is 0 Å². The lowest BCUT2D eigenvalue weighted by Crippen LogP contribution is -2.42. The topological polar surface area (TPSA) is 65.9 Å². The van der Waals surface area contributed by atoms with E-state index in [4.69, 9.17) is 16.3 Å². The van der Waals surface area contributed by atoms with Gasteiger partial charge in [-0.3, -0.25) is 4.99 Å². The molecule has 3 N–H and O–H groups in total. The second kappa shape index (κ2) is 8.92. The molecule has 2 unspecified atom stereocenters. The van der Waals surface area contributed by atoms with Crippen LogP contribution in [0, 0.1) is 0 Å². The molecule has 0 fully saturated rings. The zero-order valence-electron chi connectivity index (χ0n) is 14.8. The molecule has 2 aromatic rings. The Hall–Kier alpha value is -2.24. The van der Waals surface area contributed by atoms with Crippen molar-refractivity contribution < 1.29 is 9.84 Å². The summed E-state index contributed by atoms with van der Waals surface area (Å²) in [5.41, 5.74) is 2.03. The minimum absolute atomic E-state index is 0.0810. The summed E-state index contributed by atoms with van der Waals surface area (Å²) in [5.74, 6) is 1.62. The lowest BCUT2D eigenvalue weighted by atomic mass is 10.1. The number of guanidine groups is 1. The number of halogens is 1. The molecular weight excluding hydrogens is 350 g/mol. The van der Waals surface area contributed by atoms with Gasteiger partial charge in [-0.1, -0.05) is 41.9 Å². The lowest BCUT2D eigenvalue weighted by Gasteiger charge is -2.16. The summed E-state index contributed by atoms with van der Waals surface area (Å²) in [7, 11) is 0. The molecule has 0 aliphatic carbocycles. The monoisotopic (exact) mass is 373 g/mol. The van der Waals surface area contributed by atoms with Crippen LogP contribution in [-0.4, -0.2) is 36.8 Å². The van der Waals surface area contributed by atoms with E-state index in [1.165, 1.54) is 5.56 Å². The van der Waals surface area contributed by atoms with Gasteiger partial charge in [0.2, 0.25) is 0 Å². The molecule has 0 saturated heterocycles. The van der Waals surface area contributed by atoms with E-state index in [2.05, 4.69) is 21.7 Å². The summed E-state index contributed by atoms with van der Waals surface area (Å²) in [5, 5.41) is 17.4. The van der Waals surface area contributed by atoms with E-state index in [0.29, 0.717) is 17.5 Å². The highest BCUT2D eigenvalue weighted by Crippen LogP contribution is 2.27. The highest BCUT2D eigenvalue weighted by atomic mass is 35.5. The Morgan fingerprint density at radius 1 is 1.23 bits per heavy atom. The van der Waals surface area contributed by atoms with Crippen LogP contribution in [0.5, 0.6) is 5.75 Å². The minimum Gasteiger partial charge on any atom is -0.488 e. The Balaban J connectivity index is 1.53. The number of fused-ring (bicyclic) bond motifs is 1. The van der Waals surface area contributed by atoms with Gasteiger partial charge in [0.25, 0.3) is 0 Å². The Morgan fingerprint density at radius 3 is 2.73 bits per heavy atom. The third-order valence-corrected chi connectivity index (χ3v) is 4.48. The normalized spacial score (nSPS) is 17.3. The van der Waals surface area contributed by atoms with Crippen LogP contribution < -0.4 is 15.4 Å². The predicted octanol–water partition coefficient (Wildman–Crippen LogP) is 2.93.